The summed E-state index contributed by atoms with van der Waals surface area (Å²) in [6.07, 6.45) is 1.28. The van der Waals surface area contributed by atoms with E-state index in [2.05, 4.69) is 10.2 Å². The van der Waals surface area contributed by atoms with Crippen LogP contribution in [0.3, 0.4) is 0 Å². The van der Waals surface area contributed by atoms with Gasteiger partial charge in [-0.3, -0.25) is 4.79 Å². The van der Waals surface area contributed by atoms with Crippen LogP contribution in [0.2, 0.25) is 5.02 Å². The van der Waals surface area contributed by atoms with Gasteiger partial charge in [-0.05, 0) is 37.5 Å². The summed E-state index contributed by atoms with van der Waals surface area (Å²) in [5.41, 5.74) is 1.77. The molecular formula is C14H13ClN2O3S. The van der Waals surface area contributed by atoms with E-state index in [9.17, 15) is 4.79 Å². The van der Waals surface area contributed by atoms with Gasteiger partial charge in [-0.1, -0.05) is 29.4 Å². The quantitative estimate of drug-likeness (QED) is 0.925. The first-order chi connectivity index (χ1) is 10.0. The lowest BCUT2D eigenvalue weighted by atomic mass is 9.85. The lowest BCUT2D eigenvalue weighted by Crippen LogP contribution is -2.32. The van der Waals surface area contributed by atoms with Gasteiger partial charge < -0.3 is 9.52 Å². The van der Waals surface area contributed by atoms with Crippen molar-refractivity contribution in [2.75, 3.05) is 0 Å². The van der Waals surface area contributed by atoms with Crippen LogP contribution in [0.4, 0.5) is 0 Å². The molecule has 0 atom stereocenters. The number of hydrogen-bond donors (Lipinski definition) is 1. The molecule has 0 amide bonds. The molecule has 1 saturated carbocycles. The van der Waals surface area contributed by atoms with Crippen molar-refractivity contribution in [2.24, 2.45) is 5.92 Å². The number of hydrogen-bond acceptors (Lipinski definition) is 5. The van der Waals surface area contributed by atoms with E-state index < -0.39 is 5.97 Å². The summed E-state index contributed by atoms with van der Waals surface area (Å²) in [4.78, 5) is 10.8. The largest absolute Gasteiger partial charge is 0.481 e. The van der Waals surface area contributed by atoms with Crippen molar-refractivity contribution in [1.29, 1.82) is 0 Å². The van der Waals surface area contributed by atoms with E-state index in [1.807, 2.05) is 25.1 Å². The Kier molecular flexibility index (Phi) is 3.91. The minimum Gasteiger partial charge on any atom is -0.481 e. The molecule has 1 N–H and O–H groups in total. The van der Waals surface area contributed by atoms with Gasteiger partial charge in [0, 0.05) is 5.25 Å². The zero-order valence-corrected chi connectivity index (χ0v) is 12.8. The molecule has 1 aliphatic carbocycles. The average molecular weight is 325 g/mol. The Morgan fingerprint density at radius 3 is 2.86 bits per heavy atom. The van der Waals surface area contributed by atoms with Gasteiger partial charge in [0.1, 0.15) is 0 Å². The maximum absolute atomic E-state index is 10.8. The van der Waals surface area contributed by atoms with Crippen LogP contribution in [0.15, 0.2) is 27.8 Å². The van der Waals surface area contributed by atoms with E-state index in [0.29, 0.717) is 34.5 Å². The first kappa shape index (κ1) is 14.4. The highest BCUT2D eigenvalue weighted by Gasteiger charge is 2.36. The van der Waals surface area contributed by atoms with Crippen LogP contribution in [-0.2, 0) is 4.79 Å². The molecule has 1 aromatic heterocycles. The van der Waals surface area contributed by atoms with Crippen molar-refractivity contribution in [1.82, 2.24) is 10.2 Å². The van der Waals surface area contributed by atoms with E-state index in [1.165, 1.54) is 11.8 Å². The van der Waals surface area contributed by atoms with Gasteiger partial charge in [-0.15, -0.1) is 10.2 Å². The fourth-order valence-electron chi connectivity index (χ4n) is 2.17. The van der Waals surface area contributed by atoms with Crippen LogP contribution in [-0.4, -0.2) is 26.5 Å². The van der Waals surface area contributed by atoms with Crippen LogP contribution in [0.1, 0.15) is 18.4 Å². The predicted octanol–water partition coefficient (Wildman–Crippen LogP) is 3.65. The number of thioether (sulfide) groups is 1. The number of carboxylic acid groups (broad SMARTS) is 1. The number of nitrogens with zero attached hydrogens (tertiary/aromatic N) is 2. The number of aryl methyl sites for hydroxylation is 1. The summed E-state index contributed by atoms with van der Waals surface area (Å²) < 4.78 is 5.60. The molecule has 1 fully saturated rings. The van der Waals surface area contributed by atoms with Crippen LogP contribution in [0.25, 0.3) is 11.5 Å². The van der Waals surface area contributed by atoms with Crippen LogP contribution in [0, 0.1) is 12.8 Å². The molecule has 21 heavy (non-hydrogen) atoms. The normalized spacial score (nSPS) is 21.0. The maximum Gasteiger partial charge on any atom is 0.306 e. The zero-order valence-electron chi connectivity index (χ0n) is 11.2. The van der Waals surface area contributed by atoms with Gasteiger partial charge in [0.25, 0.3) is 5.22 Å². The molecule has 0 unspecified atom stereocenters. The van der Waals surface area contributed by atoms with Gasteiger partial charge in [0.15, 0.2) is 0 Å². The Labute approximate surface area is 130 Å². The zero-order chi connectivity index (χ0) is 15.0. The minimum absolute atomic E-state index is 0.230. The molecule has 110 valence electrons. The van der Waals surface area contributed by atoms with Crippen molar-refractivity contribution in [2.45, 2.75) is 30.2 Å². The topological polar surface area (TPSA) is 76.2 Å². The van der Waals surface area contributed by atoms with Gasteiger partial charge in [-0.25, -0.2) is 0 Å². The number of carboxylic acids is 1. The average Bonchev–Trinajstić information content (AvgIpc) is 2.81. The second-order valence-corrected chi connectivity index (χ2v) is 6.76. The van der Waals surface area contributed by atoms with Gasteiger partial charge >= 0.3 is 5.97 Å². The van der Waals surface area contributed by atoms with Gasteiger partial charge in [-0.2, -0.15) is 0 Å². The van der Waals surface area contributed by atoms with E-state index in [0.717, 1.165) is 5.56 Å². The SMILES string of the molecule is Cc1ccc(-c2nnc(S[C@H]3C[C@H](C(=O)O)C3)o2)c(Cl)c1. The Bertz CT molecular complexity index is 683. The van der Waals surface area contributed by atoms with E-state index >= 15 is 0 Å². The number of carbonyl (C=O) groups is 1. The Balaban J connectivity index is 1.68. The first-order valence-corrected chi connectivity index (χ1v) is 7.78. The number of benzene rings is 1. The molecule has 5 nitrogen and oxygen atoms in total. The van der Waals surface area contributed by atoms with Crippen molar-refractivity contribution in [3.05, 3.63) is 28.8 Å². The van der Waals surface area contributed by atoms with Crippen molar-refractivity contribution >= 4 is 29.3 Å². The highest BCUT2D eigenvalue weighted by atomic mass is 35.5. The van der Waals surface area contributed by atoms with Gasteiger partial charge in [0.05, 0.1) is 16.5 Å². The first-order valence-electron chi connectivity index (χ1n) is 6.52. The minimum atomic E-state index is -0.732. The summed E-state index contributed by atoms with van der Waals surface area (Å²) in [5.74, 6) is -0.586. The molecule has 3 rings (SSSR count). The summed E-state index contributed by atoms with van der Waals surface area (Å²) in [6.45, 7) is 1.96. The molecular weight excluding hydrogens is 312 g/mol. The standard InChI is InChI=1S/C14H13ClN2O3S/c1-7-2-3-10(11(15)4-7)12-16-17-14(20-12)21-9-5-8(6-9)13(18)19/h2-4,8-9H,5-6H2,1H3,(H,18,19)/t8-,9-. The second kappa shape index (κ2) is 5.69. The van der Waals surface area contributed by atoms with Crippen molar-refractivity contribution in [3.63, 3.8) is 0 Å². The fourth-order valence-corrected chi connectivity index (χ4v) is 3.64. The molecule has 2 aromatic rings. The summed E-state index contributed by atoms with van der Waals surface area (Å²) in [7, 11) is 0. The van der Waals surface area contributed by atoms with Gasteiger partial charge in [0.2, 0.25) is 5.89 Å². The monoisotopic (exact) mass is 324 g/mol. The van der Waals surface area contributed by atoms with E-state index in [-0.39, 0.29) is 11.2 Å². The molecule has 0 saturated heterocycles. The Morgan fingerprint density at radius 1 is 1.43 bits per heavy atom. The molecule has 1 aromatic carbocycles. The Morgan fingerprint density at radius 2 is 2.19 bits per heavy atom. The lowest BCUT2D eigenvalue weighted by molar-refractivity contribution is -0.144. The molecule has 7 heteroatoms. The molecule has 0 aliphatic heterocycles. The molecule has 1 aliphatic rings. The Hall–Kier alpha value is -1.53. The molecule has 0 spiro atoms. The third-order valence-electron chi connectivity index (χ3n) is 3.47. The van der Waals surface area contributed by atoms with E-state index in [1.54, 1.807) is 0 Å². The van der Waals surface area contributed by atoms with Crippen molar-refractivity contribution < 1.29 is 14.3 Å². The number of aromatic nitrogens is 2. The molecule has 0 bridgehead atoms. The van der Waals surface area contributed by atoms with Crippen LogP contribution in [0.5, 0.6) is 0 Å². The van der Waals surface area contributed by atoms with Crippen LogP contribution < -0.4 is 0 Å². The maximum atomic E-state index is 10.8. The fraction of sp³-hybridized carbons (Fsp3) is 0.357. The summed E-state index contributed by atoms with van der Waals surface area (Å²) >= 11 is 7.60. The highest BCUT2D eigenvalue weighted by Crippen LogP contribution is 2.41. The predicted molar refractivity (Wildman–Crippen MR) is 79.5 cm³/mol. The van der Waals surface area contributed by atoms with E-state index in [4.69, 9.17) is 21.1 Å². The number of rotatable bonds is 4. The highest BCUT2D eigenvalue weighted by molar-refractivity contribution is 7.99. The number of aliphatic carboxylic acids is 1. The smallest absolute Gasteiger partial charge is 0.306 e. The third kappa shape index (κ3) is 3.06. The van der Waals surface area contributed by atoms with Crippen LogP contribution >= 0.6 is 23.4 Å². The lowest BCUT2D eigenvalue weighted by Gasteiger charge is -2.30. The summed E-state index contributed by atoms with van der Waals surface area (Å²) in [6, 6.07) is 5.63. The number of halogens is 1. The molecule has 1 heterocycles. The van der Waals surface area contributed by atoms with Crippen molar-refractivity contribution in [3.8, 4) is 11.5 Å². The second-order valence-electron chi connectivity index (χ2n) is 5.10. The third-order valence-corrected chi connectivity index (χ3v) is 4.87. The summed E-state index contributed by atoms with van der Waals surface area (Å²) in [5, 5.41) is 18.1. The molecule has 0 radical (unpaired) electrons.